The second-order valence-electron chi connectivity index (χ2n) is 4.04. The molecule has 1 aromatic heterocycles. The SMILES string of the molecule is Cc1ccc(C(=O)c2cc(Cl)ccc2Cl)c(C)n1. The van der Waals surface area contributed by atoms with E-state index in [-0.39, 0.29) is 5.78 Å². The van der Waals surface area contributed by atoms with Crippen molar-refractivity contribution in [1.82, 2.24) is 4.98 Å². The predicted octanol–water partition coefficient (Wildman–Crippen LogP) is 4.24. The van der Waals surface area contributed by atoms with Crippen LogP contribution in [0.5, 0.6) is 0 Å². The molecule has 0 bridgehead atoms. The zero-order chi connectivity index (χ0) is 13.3. The van der Waals surface area contributed by atoms with E-state index in [0.717, 1.165) is 5.69 Å². The minimum atomic E-state index is -0.160. The number of carbonyl (C=O) groups excluding carboxylic acids is 1. The van der Waals surface area contributed by atoms with Crippen molar-refractivity contribution in [2.75, 3.05) is 0 Å². The van der Waals surface area contributed by atoms with Crippen LogP contribution >= 0.6 is 23.2 Å². The van der Waals surface area contributed by atoms with Crippen LogP contribution in [0.1, 0.15) is 27.3 Å². The molecule has 0 saturated carbocycles. The smallest absolute Gasteiger partial charge is 0.196 e. The second kappa shape index (κ2) is 5.09. The molecule has 0 N–H and O–H groups in total. The van der Waals surface area contributed by atoms with Crippen molar-refractivity contribution in [2.45, 2.75) is 13.8 Å². The number of pyridine rings is 1. The molecule has 92 valence electrons. The van der Waals surface area contributed by atoms with Gasteiger partial charge < -0.3 is 0 Å². The number of halogens is 2. The van der Waals surface area contributed by atoms with Gasteiger partial charge in [0.1, 0.15) is 0 Å². The molecule has 0 fully saturated rings. The molecule has 1 heterocycles. The zero-order valence-corrected chi connectivity index (χ0v) is 11.5. The van der Waals surface area contributed by atoms with Crippen LogP contribution in [0.3, 0.4) is 0 Å². The molecule has 0 unspecified atom stereocenters. The van der Waals surface area contributed by atoms with Gasteiger partial charge >= 0.3 is 0 Å². The molecule has 1 aromatic carbocycles. The summed E-state index contributed by atoms with van der Waals surface area (Å²) in [6.07, 6.45) is 0. The first kappa shape index (κ1) is 13.1. The van der Waals surface area contributed by atoms with Gasteiger partial charge in [-0.15, -0.1) is 0 Å². The number of aryl methyl sites for hydroxylation is 2. The summed E-state index contributed by atoms with van der Waals surface area (Å²) in [6, 6.07) is 8.41. The number of nitrogens with zero attached hydrogens (tertiary/aromatic N) is 1. The van der Waals surface area contributed by atoms with Gasteiger partial charge in [0.2, 0.25) is 0 Å². The van der Waals surface area contributed by atoms with Crippen molar-refractivity contribution in [2.24, 2.45) is 0 Å². The van der Waals surface area contributed by atoms with Crippen LogP contribution in [0.25, 0.3) is 0 Å². The summed E-state index contributed by atoms with van der Waals surface area (Å²) < 4.78 is 0. The number of hydrogen-bond acceptors (Lipinski definition) is 2. The van der Waals surface area contributed by atoms with E-state index < -0.39 is 0 Å². The summed E-state index contributed by atoms with van der Waals surface area (Å²) in [5, 5.41) is 0.879. The van der Waals surface area contributed by atoms with Crippen LogP contribution in [-0.2, 0) is 0 Å². The van der Waals surface area contributed by atoms with Gasteiger partial charge in [-0.3, -0.25) is 9.78 Å². The number of aromatic nitrogens is 1. The van der Waals surface area contributed by atoms with Gasteiger partial charge in [0.25, 0.3) is 0 Å². The Labute approximate surface area is 116 Å². The molecule has 0 saturated heterocycles. The highest BCUT2D eigenvalue weighted by Gasteiger charge is 2.16. The third-order valence-corrected chi connectivity index (χ3v) is 3.21. The summed E-state index contributed by atoms with van der Waals surface area (Å²) in [5.41, 5.74) is 2.51. The second-order valence-corrected chi connectivity index (χ2v) is 4.88. The Balaban J connectivity index is 2.51. The number of ketones is 1. The molecule has 18 heavy (non-hydrogen) atoms. The number of benzene rings is 1. The number of rotatable bonds is 2. The first-order valence-corrected chi connectivity index (χ1v) is 6.18. The molecule has 2 nitrogen and oxygen atoms in total. The average molecular weight is 280 g/mol. The molecule has 0 amide bonds. The molecule has 4 heteroatoms. The number of hydrogen-bond donors (Lipinski definition) is 0. The summed E-state index contributed by atoms with van der Waals surface area (Å²) >= 11 is 11.9. The topological polar surface area (TPSA) is 30.0 Å². The van der Waals surface area contributed by atoms with E-state index in [1.54, 1.807) is 37.3 Å². The molecule has 2 rings (SSSR count). The normalized spacial score (nSPS) is 10.4. The summed E-state index contributed by atoms with van der Waals surface area (Å²) in [6.45, 7) is 3.69. The van der Waals surface area contributed by atoms with Crippen molar-refractivity contribution in [1.29, 1.82) is 0 Å². The fourth-order valence-corrected chi connectivity index (χ4v) is 2.12. The molecule has 0 radical (unpaired) electrons. The van der Waals surface area contributed by atoms with Gasteiger partial charge in [-0.2, -0.15) is 0 Å². The van der Waals surface area contributed by atoms with E-state index in [4.69, 9.17) is 23.2 Å². The highest BCUT2D eigenvalue weighted by Crippen LogP contribution is 2.24. The molecular formula is C14H11Cl2NO. The van der Waals surface area contributed by atoms with E-state index in [2.05, 4.69) is 4.98 Å². The average Bonchev–Trinajstić information content (AvgIpc) is 2.31. The van der Waals surface area contributed by atoms with Crippen LogP contribution in [0.15, 0.2) is 30.3 Å². The Morgan fingerprint density at radius 2 is 1.78 bits per heavy atom. The monoisotopic (exact) mass is 279 g/mol. The van der Waals surface area contributed by atoms with Crippen LogP contribution < -0.4 is 0 Å². The van der Waals surface area contributed by atoms with Gasteiger partial charge in [-0.05, 0) is 44.2 Å². The van der Waals surface area contributed by atoms with E-state index in [9.17, 15) is 4.79 Å². The van der Waals surface area contributed by atoms with Crippen LogP contribution in [0.2, 0.25) is 10.0 Å². The third kappa shape index (κ3) is 2.55. The van der Waals surface area contributed by atoms with Crippen LogP contribution in [0.4, 0.5) is 0 Å². The van der Waals surface area contributed by atoms with Crippen molar-refractivity contribution >= 4 is 29.0 Å². The maximum Gasteiger partial charge on any atom is 0.196 e. The van der Waals surface area contributed by atoms with Gasteiger partial charge in [0.05, 0.1) is 5.02 Å². The molecule has 0 atom stereocenters. The summed E-state index contributed by atoms with van der Waals surface area (Å²) in [4.78, 5) is 16.6. The maximum absolute atomic E-state index is 12.4. The fourth-order valence-electron chi connectivity index (χ4n) is 1.74. The van der Waals surface area contributed by atoms with Gasteiger partial charge in [-0.25, -0.2) is 0 Å². The minimum Gasteiger partial charge on any atom is -0.288 e. The number of carbonyl (C=O) groups is 1. The summed E-state index contributed by atoms with van der Waals surface area (Å²) in [5.74, 6) is -0.160. The van der Waals surface area contributed by atoms with Crippen molar-refractivity contribution in [3.8, 4) is 0 Å². The predicted molar refractivity (Wildman–Crippen MR) is 73.6 cm³/mol. The van der Waals surface area contributed by atoms with E-state index in [0.29, 0.717) is 26.9 Å². The highest BCUT2D eigenvalue weighted by molar-refractivity contribution is 6.36. The van der Waals surface area contributed by atoms with E-state index in [1.165, 1.54) is 0 Å². The fraction of sp³-hybridized carbons (Fsp3) is 0.143. The lowest BCUT2D eigenvalue weighted by Gasteiger charge is -2.07. The molecule has 2 aromatic rings. The van der Waals surface area contributed by atoms with E-state index in [1.807, 2.05) is 6.92 Å². The highest BCUT2D eigenvalue weighted by atomic mass is 35.5. The molecule has 0 spiro atoms. The van der Waals surface area contributed by atoms with Gasteiger partial charge in [-0.1, -0.05) is 23.2 Å². The zero-order valence-electron chi connectivity index (χ0n) is 10.00. The molecule has 0 aliphatic rings. The van der Waals surface area contributed by atoms with Gasteiger partial charge in [0.15, 0.2) is 5.78 Å². The molecule has 0 aliphatic heterocycles. The summed E-state index contributed by atoms with van der Waals surface area (Å²) in [7, 11) is 0. The lowest BCUT2D eigenvalue weighted by molar-refractivity contribution is 0.103. The Morgan fingerprint density at radius 3 is 2.44 bits per heavy atom. The Hall–Kier alpha value is -1.38. The van der Waals surface area contributed by atoms with Crippen LogP contribution in [-0.4, -0.2) is 10.8 Å². The molecular weight excluding hydrogens is 269 g/mol. The largest absolute Gasteiger partial charge is 0.288 e. The van der Waals surface area contributed by atoms with Gasteiger partial charge in [0, 0.05) is 27.5 Å². The Kier molecular flexibility index (Phi) is 3.69. The maximum atomic E-state index is 12.4. The first-order chi connectivity index (χ1) is 8.49. The standard InChI is InChI=1S/C14H11Cl2NO/c1-8-3-5-11(9(2)17-8)14(18)12-7-10(15)4-6-13(12)16/h3-7H,1-2H3. The van der Waals surface area contributed by atoms with Crippen molar-refractivity contribution in [3.63, 3.8) is 0 Å². The lowest BCUT2D eigenvalue weighted by atomic mass is 10.0. The Bertz CT molecular complexity index is 623. The molecule has 0 aliphatic carbocycles. The van der Waals surface area contributed by atoms with Crippen molar-refractivity contribution < 1.29 is 4.79 Å². The van der Waals surface area contributed by atoms with Crippen LogP contribution in [0, 0.1) is 13.8 Å². The lowest BCUT2D eigenvalue weighted by Crippen LogP contribution is -2.06. The van der Waals surface area contributed by atoms with Crippen molar-refractivity contribution in [3.05, 3.63) is 62.9 Å². The quantitative estimate of drug-likeness (QED) is 0.770. The first-order valence-electron chi connectivity index (χ1n) is 5.43. The Morgan fingerprint density at radius 1 is 1.06 bits per heavy atom. The van der Waals surface area contributed by atoms with E-state index >= 15 is 0 Å². The third-order valence-electron chi connectivity index (χ3n) is 2.64. The minimum absolute atomic E-state index is 0.160.